The second-order valence-corrected chi connectivity index (χ2v) is 7.11. The van der Waals surface area contributed by atoms with Crippen molar-refractivity contribution < 1.29 is 18.0 Å². The molecule has 1 aliphatic carbocycles. The summed E-state index contributed by atoms with van der Waals surface area (Å²) in [6.45, 7) is 1.95. The Bertz CT molecular complexity index is 831. The van der Waals surface area contributed by atoms with Crippen LogP contribution >= 0.6 is 12.4 Å². The molecule has 1 aromatic carbocycles. The predicted octanol–water partition coefficient (Wildman–Crippen LogP) is 3.80. The fourth-order valence-corrected chi connectivity index (χ4v) is 3.83. The highest BCUT2D eigenvalue weighted by Gasteiger charge is 2.47. The molecule has 28 heavy (non-hydrogen) atoms. The Hall–Kier alpha value is -2.12. The number of nitrogens with one attached hydrogen (secondary N) is 1. The number of alkyl halides is 3. The number of nitrogens with zero attached hydrogens (tertiary/aromatic N) is 2. The number of aromatic nitrogens is 1. The van der Waals surface area contributed by atoms with Crippen LogP contribution in [0.3, 0.4) is 0 Å². The molecule has 4 rings (SSSR count). The molecule has 150 valence electrons. The van der Waals surface area contributed by atoms with Crippen molar-refractivity contribution in [2.75, 3.05) is 19.6 Å². The maximum atomic E-state index is 13.1. The molecule has 1 aliphatic heterocycles. The van der Waals surface area contributed by atoms with E-state index in [0.717, 1.165) is 11.6 Å². The van der Waals surface area contributed by atoms with Crippen molar-refractivity contribution in [3.05, 3.63) is 65.5 Å². The number of piperazine rings is 1. The van der Waals surface area contributed by atoms with Crippen molar-refractivity contribution in [3.8, 4) is 0 Å². The predicted molar refractivity (Wildman–Crippen MR) is 101 cm³/mol. The van der Waals surface area contributed by atoms with Crippen molar-refractivity contribution in [1.29, 1.82) is 0 Å². The van der Waals surface area contributed by atoms with Gasteiger partial charge in [-0.05, 0) is 35.6 Å². The second kappa shape index (κ2) is 8.09. The molecule has 2 aliphatic rings. The largest absolute Gasteiger partial charge is 0.416 e. The van der Waals surface area contributed by atoms with Gasteiger partial charge in [0, 0.05) is 37.9 Å². The van der Waals surface area contributed by atoms with E-state index in [1.807, 2.05) is 17.0 Å². The van der Waals surface area contributed by atoms with Crippen LogP contribution < -0.4 is 5.32 Å². The lowest BCUT2D eigenvalue weighted by molar-refractivity contribution is -0.137. The minimum atomic E-state index is -4.37. The summed E-state index contributed by atoms with van der Waals surface area (Å²) < 4.78 is 38.8. The summed E-state index contributed by atoms with van der Waals surface area (Å²) in [7, 11) is 0. The van der Waals surface area contributed by atoms with E-state index >= 15 is 0 Å². The zero-order valence-corrected chi connectivity index (χ0v) is 15.8. The molecule has 0 bridgehead atoms. The smallest absolute Gasteiger partial charge is 0.333 e. The van der Waals surface area contributed by atoms with Crippen LogP contribution in [0.15, 0.2) is 48.8 Å². The number of amides is 1. The molecule has 1 saturated heterocycles. The quantitative estimate of drug-likeness (QED) is 0.835. The van der Waals surface area contributed by atoms with E-state index in [1.165, 1.54) is 12.1 Å². The van der Waals surface area contributed by atoms with E-state index in [0.29, 0.717) is 31.6 Å². The van der Waals surface area contributed by atoms with Gasteiger partial charge < -0.3 is 10.2 Å². The first-order valence-electron chi connectivity index (χ1n) is 9.03. The van der Waals surface area contributed by atoms with Crippen molar-refractivity contribution in [1.82, 2.24) is 15.2 Å². The SMILES string of the molecule is Cl.O=C(C1CC1c1cccc(C(F)(F)F)c1)N1CCNCC1c1cccnc1. The minimum Gasteiger partial charge on any atom is -0.333 e. The zero-order valence-electron chi connectivity index (χ0n) is 15.0. The number of halogens is 4. The average molecular weight is 412 g/mol. The summed E-state index contributed by atoms with van der Waals surface area (Å²) in [6.07, 6.45) is -0.316. The third-order valence-corrected chi connectivity index (χ3v) is 5.35. The molecule has 1 N–H and O–H groups in total. The summed E-state index contributed by atoms with van der Waals surface area (Å²) in [5.41, 5.74) is 0.902. The Morgan fingerprint density at radius 2 is 1.96 bits per heavy atom. The number of hydrogen-bond acceptors (Lipinski definition) is 3. The van der Waals surface area contributed by atoms with Crippen LogP contribution in [-0.2, 0) is 11.0 Å². The third-order valence-electron chi connectivity index (χ3n) is 5.35. The number of rotatable bonds is 3. The van der Waals surface area contributed by atoms with Crippen molar-refractivity contribution in [2.45, 2.75) is 24.6 Å². The number of pyridine rings is 1. The Balaban J connectivity index is 0.00000225. The van der Waals surface area contributed by atoms with Gasteiger partial charge in [-0.2, -0.15) is 13.2 Å². The van der Waals surface area contributed by atoms with Crippen LogP contribution in [0.4, 0.5) is 13.2 Å². The monoisotopic (exact) mass is 411 g/mol. The highest BCUT2D eigenvalue weighted by Crippen LogP contribution is 2.50. The lowest BCUT2D eigenvalue weighted by atomic mass is 10.0. The van der Waals surface area contributed by atoms with Gasteiger partial charge in [-0.3, -0.25) is 9.78 Å². The van der Waals surface area contributed by atoms with E-state index in [1.54, 1.807) is 18.5 Å². The van der Waals surface area contributed by atoms with E-state index in [4.69, 9.17) is 0 Å². The fourth-order valence-electron chi connectivity index (χ4n) is 3.83. The van der Waals surface area contributed by atoms with E-state index < -0.39 is 11.7 Å². The molecule has 8 heteroatoms. The van der Waals surface area contributed by atoms with Crippen molar-refractivity contribution >= 4 is 18.3 Å². The molecule has 1 amide bonds. The first-order valence-corrected chi connectivity index (χ1v) is 9.03. The Morgan fingerprint density at radius 3 is 2.68 bits per heavy atom. The van der Waals surface area contributed by atoms with Crippen LogP contribution in [0.5, 0.6) is 0 Å². The summed E-state index contributed by atoms with van der Waals surface area (Å²) in [6, 6.07) is 9.04. The van der Waals surface area contributed by atoms with Gasteiger partial charge in [-0.15, -0.1) is 12.4 Å². The van der Waals surface area contributed by atoms with Crippen LogP contribution in [0.1, 0.15) is 35.1 Å². The number of hydrogen-bond donors (Lipinski definition) is 1. The van der Waals surface area contributed by atoms with Gasteiger partial charge in [-0.25, -0.2) is 0 Å². The van der Waals surface area contributed by atoms with Gasteiger partial charge in [0.25, 0.3) is 0 Å². The molecule has 2 aromatic rings. The van der Waals surface area contributed by atoms with Gasteiger partial charge in [0.05, 0.1) is 11.6 Å². The number of carbonyl (C=O) groups excluding carboxylic acids is 1. The first kappa shape index (κ1) is 20.6. The molecular weight excluding hydrogens is 391 g/mol. The molecule has 4 nitrogen and oxygen atoms in total. The van der Waals surface area contributed by atoms with Crippen LogP contribution in [0, 0.1) is 5.92 Å². The molecule has 0 spiro atoms. The Morgan fingerprint density at radius 1 is 1.18 bits per heavy atom. The number of carbonyl (C=O) groups is 1. The molecule has 1 aromatic heterocycles. The van der Waals surface area contributed by atoms with Crippen LogP contribution in [0.25, 0.3) is 0 Å². The Kier molecular flexibility index (Phi) is 5.95. The van der Waals surface area contributed by atoms with Crippen LogP contribution in [-0.4, -0.2) is 35.4 Å². The summed E-state index contributed by atoms with van der Waals surface area (Å²) in [4.78, 5) is 19.1. The lowest BCUT2D eigenvalue weighted by Crippen LogP contribution is -2.49. The van der Waals surface area contributed by atoms with Gasteiger partial charge in [0.15, 0.2) is 0 Å². The molecule has 3 unspecified atom stereocenters. The maximum absolute atomic E-state index is 13.1. The minimum absolute atomic E-state index is 0. The Labute approximate surface area is 167 Å². The lowest BCUT2D eigenvalue weighted by Gasteiger charge is -2.36. The standard InChI is InChI=1S/C20H20F3N3O.ClH/c21-20(22,23)15-5-1-3-13(9-15)16-10-17(16)19(27)26-8-7-25-12-18(26)14-4-2-6-24-11-14;/h1-6,9,11,16-18,25H,7-8,10,12H2;1H. The van der Waals surface area contributed by atoms with Crippen molar-refractivity contribution in [3.63, 3.8) is 0 Å². The highest BCUT2D eigenvalue weighted by atomic mass is 35.5. The fraction of sp³-hybridized carbons (Fsp3) is 0.400. The average Bonchev–Trinajstić information content (AvgIpc) is 3.48. The molecule has 2 heterocycles. The van der Waals surface area contributed by atoms with Crippen LogP contribution in [0.2, 0.25) is 0 Å². The third kappa shape index (κ3) is 4.15. The summed E-state index contributed by atoms with van der Waals surface area (Å²) in [5.74, 6) is -0.359. The molecule has 2 fully saturated rings. The van der Waals surface area contributed by atoms with Gasteiger partial charge >= 0.3 is 6.18 Å². The van der Waals surface area contributed by atoms with Crippen molar-refractivity contribution in [2.24, 2.45) is 5.92 Å². The second-order valence-electron chi connectivity index (χ2n) is 7.11. The topological polar surface area (TPSA) is 45.2 Å². The maximum Gasteiger partial charge on any atom is 0.416 e. The van der Waals surface area contributed by atoms with E-state index in [9.17, 15) is 18.0 Å². The van der Waals surface area contributed by atoms with E-state index in [-0.39, 0.29) is 36.2 Å². The van der Waals surface area contributed by atoms with Gasteiger partial charge in [0.1, 0.15) is 0 Å². The van der Waals surface area contributed by atoms with Gasteiger partial charge in [-0.1, -0.05) is 24.3 Å². The summed E-state index contributed by atoms with van der Waals surface area (Å²) >= 11 is 0. The highest BCUT2D eigenvalue weighted by molar-refractivity contribution is 5.85. The zero-order chi connectivity index (χ0) is 19.0. The molecule has 0 radical (unpaired) electrons. The number of benzene rings is 1. The first-order chi connectivity index (χ1) is 12.9. The molecule has 3 atom stereocenters. The van der Waals surface area contributed by atoms with Gasteiger partial charge in [0.2, 0.25) is 5.91 Å². The molecule has 1 saturated carbocycles. The normalized spacial score (nSPS) is 24.4. The summed E-state index contributed by atoms with van der Waals surface area (Å²) in [5, 5.41) is 3.30. The van der Waals surface area contributed by atoms with E-state index in [2.05, 4.69) is 10.3 Å². The molecular formula is C20H21ClF3N3O.